The molecule has 0 radical (unpaired) electrons. The fraction of sp³-hybridized carbons (Fsp3) is 0.600. The van der Waals surface area contributed by atoms with E-state index in [-0.39, 0.29) is 18.2 Å². The van der Waals surface area contributed by atoms with E-state index in [4.69, 9.17) is 16.3 Å². The molecule has 23 heavy (non-hydrogen) atoms. The van der Waals surface area contributed by atoms with Crippen LogP contribution in [0.3, 0.4) is 0 Å². The topological polar surface area (TPSA) is 58.6 Å². The second-order valence-electron chi connectivity index (χ2n) is 6.07. The first-order chi connectivity index (χ1) is 10.8. The van der Waals surface area contributed by atoms with E-state index in [0.29, 0.717) is 18.1 Å². The van der Waals surface area contributed by atoms with Crippen molar-refractivity contribution >= 4 is 33.6 Å². The Hall–Kier alpha value is -0.310. The summed E-state index contributed by atoms with van der Waals surface area (Å²) in [5.41, 5.74) is 0.965. The number of benzene rings is 1. The standard InChI is InChI=1S/C15H21ClN2O3S2/c1-10-8-18(9-11(2)21-10)23(19,20)17-14-5-6-22-15-4-3-12(16)7-13(14)15/h3-4,7,10-11,14,17H,5-6,8-9H2,1-2H3/t10-,11+,14-/m1/s1. The number of hydrogen-bond acceptors (Lipinski definition) is 4. The Balaban J connectivity index is 1.80. The van der Waals surface area contributed by atoms with Crippen molar-refractivity contribution in [2.24, 2.45) is 0 Å². The Kier molecular flexibility index (Phi) is 5.25. The molecule has 1 fully saturated rings. The zero-order valence-electron chi connectivity index (χ0n) is 13.2. The van der Waals surface area contributed by atoms with Crippen molar-refractivity contribution in [3.8, 4) is 0 Å². The number of halogens is 1. The first-order valence-electron chi connectivity index (χ1n) is 7.70. The molecule has 2 heterocycles. The molecular formula is C15H21ClN2O3S2. The first-order valence-corrected chi connectivity index (χ1v) is 10.5. The van der Waals surface area contributed by atoms with Gasteiger partial charge in [-0.2, -0.15) is 17.4 Å². The van der Waals surface area contributed by atoms with Crippen LogP contribution in [0.2, 0.25) is 5.02 Å². The van der Waals surface area contributed by atoms with E-state index < -0.39 is 10.2 Å². The van der Waals surface area contributed by atoms with E-state index in [9.17, 15) is 8.42 Å². The predicted molar refractivity (Wildman–Crippen MR) is 93.2 cm³/mol. The first kappa shape index (κ1) is 17.5. The van der Waals surface area contributed by atoms with Crippen molar-refractivity contribution in [3.05, 3.63) is 28.8 Å². The molecule has 1 N–H and O–H groups in total. The average Bonchev–Trinajstić information content (AvgIpc) is 2.46. The Morgan fingerprint density at radius 3 is 2.70 bits per heavy atom. The lowest BCUT2D eigenvalue weighted by atomic mass is 10.1. The maximum atomic E-state index is 12.8. The summed E-state index contributed by atoms with van der Waals surface area (Å²) in [7, 11) is -3.55. The highest BCUT2D eigenvalue weighted by molar-refractivity contribution is 7.99. The maximum absolute atomic E-state index is 12.8. The van der Waals surface area contributed by atoms with Crippen LogP contribution in [0.4, 0.5) is 0 Å². The smallest absolute Gasteiger partial charge is 0.280 e. The second kappa shape index (κ2) is 6.90. The number of thioether (sulfide) groups is 1. The Morgan fingerprint density at radius 1 is 1.30 bits per heavy atom. The van der Waals surface area contributed by atoms with Gasteiger partial charge in [0.2, 0.25) is 0 Å². The van der Waals surface area contributed by atoms with Crippen LogP contribution in [0.5, 0.6) is 0 Å². The van der Waals surface area contributed by atoms with E-state index in [2.05, 4.69) is 4.72 Å². The van der Waals surface area contributed by atoms with Gasteiger partial charge in [-0.05, 0) is 49.8 Å². The quantitative estimate of drug-likeness (QED) is 0.881. The molecule has 0 saturated carbocycles. The highest BCUT2D eigenvalue weighted by Crippen LogP contribution is 2.38. The fourth-order valence-electron chi connectivity index (χ4n) is 3.07. The molecule has 0 aliphatic carbocycles. The van der Waals surface area contributed by atoms with Gasteiger partial charge in [0.1, 0.15) is 0 Å². The van der Waals surface area contributed by atoms with Gasteiger partial charge in [0.15, 0.2) is 0 Å². The Labute approximate surface area is 146 Å². The van der Waals surface area contributed by atoms with Crippen LogP contribution in [0, 0.1) is 0 Å². The van der Waals surface area contributed by atoms with Gasteiger partial charge in [0.25, 0.3) is 10.2 Å². The van der Waals surface area contributed by atoms with Gasteiger partial charge >= 0.3 is 0 Å². The van der Waals surface area contributed by atoms with E-state index in [1.165, 1.54) is 4.31 Å². The van der Waals surface area contributed by atoms with Gasteiger partial charge in [-0.3, -0.25) is 0 Å². The molecule has 5 nitrogen and oxygen atoms in total. The van der Waals surface area contributed by atoms with Crippen LogP contribution in [0.25, 0.3) is 0 Å². The summed E-state index contributed by atoms with van der Waals surface area (Å²) in [5, 5.41) is 0.629. The summed E-state index contributed by atoms with van der Waals surface area (Å²) in [6.45, 7) is 4.54. The fourth-order valence-corrected chi connectivity index (χ4v) is 5.92. The highest BCUT2D eigenvalue weighted by atomic mass is 35.5. The minimum atomic E-state index is -3.55. The molecule has 0 unspecified atom stereocenters. The molecule has 2 aliphatic rings. The highest BCUT2D eigenvalue weighted by Gasteiger charge is 2.34. The summed E-state index contributed by atoms with van der Waals surface area (Å²) in [5.74, 6) is 0.887. The lowest BCUT2D eigenvalue weighted by Crippen LogP contribution is -2.52. The van der Waals surface area contributed by atoms with Crippen molar-refractivity contribution in [1.82, 2.24) is 9.03 Å². The molecule has 1 saturated heterocycles. The summed E-state index contributed by atoms with van der Waals surface area (Å²) in [6, 6.07) is 5.43. The van der Waals surface area contributed by atoms with Crippen molar-refractivity contribution in [3.63, 3.8) is 0 Å². The maximum Gasteiger partial charge on any atom is 0.280 e. The third-order valence-corrected chi connectivity index (χ3v) is 6.95. The minimum Gasteiger partial charge on any atom is -0.373 e. The normalized spacial score (nSPS) is 29.3. The minimum absolute atomic E-state index is 0.0982. The molecule has 0 amide bonds. The summed E-state index contributed by atoms with van der Waals surface area (Å²) < 4.78 is 35.5. The second-order valence-corrected chi connectivity index (χ2v) is 9.34. The SMILES string of the molecule is C[C@@H]1CN(S(=O)(=O)N[C@@H]2CCSc3ccc(Cl)cc32)C[C@H](C)O1. The number of nitrogens with zero attached hydrogens (tertiary/aromatic N) is 1. The molecule has 3 rings (SSSR count). The van der Waals surface area contributed by atoms with Crippen LogP contribution in [-0.2, 0) is 14.9 Å². The van der Waals surface area contributed by atoms with Crippen molar-refractivity contribution in [1.29, 1.82) is 0 Å². The molecule has 3 atom stereocenters. The molecule has 1 aromatic carbocycles. The summed E-state index contributed by atoms with van der Waals surface area (Å²) >= 11 is 7.82. The third kappa shape index (κ3) is 4.03. The molecular weight excluding hydrogens is 356 g/mol. The molecule has 0 spiro atoms. The number of ether oxygens (including phenoxy) is 1. The number of hydrogen-bond donors (Lipinski definition) is 1. The summed E-state index contributed by atoms with van der Waals surface area (Å²) in [6.07, 6.45) is 0.560. The van der Waals surface area contributed by atoms with Crippen molar-refractivity contribution in [2.45, 2.75) is 43.4 Å². The number of rotatable bonds is 3. The van der Waals surface area contributed by atoms with Crippen molar-refractivity contribution in [2.75, 3.05) is 18.8 Å². The molecule has 0 aromatic heterocycles. The lowest BCUT2D eigenvalue weighted by Gasteiger charge is -2.36. The van der Waals surface area contributed by atoms with Gasteiger partial charge < -0.3 is 4.74 Å². The van der Waals surface area contributed by atoms with Crippen LogP contribution in [0.1, 0.15) is 31.9 Å². The zero-order chi connectivity index (χ0) is 16.6. The van der Waals surface area contributed by atoms with E-state index >= 15 is 0 Å². The lowest BCUT2D eigenvalue weighted by molar-refractivity contribution is -0.0444. The Bertz CT molecular complexity index is 673. The summed E-state index contributed by atoms with van der Waals surface area (Å²) in [4.78, 5) is 1.09. The van der Waals surface area contributed by atoms with E-state index in [1.807, 2.05) is 32.0 Å². The molecule has 1 aromatic rings. The molecule has 128 valence electrons. The molecule has 2 aliphatic heterocycles. The molecule has 0 bridgehead atoms. The van der Waals surface area contributed by atoms with Crippen LogP contribution in [-0.4, -0.2) is 43.8 Å². The zero-order valence-corrected chi connectivity index (χ0v) is 15.5. The van der Waals surface area contributed by atoms with Gasteiger partial charge in [-0.1, -0.05) is 11.6 Å². The van der Waals surface area contributed by atoms with Crippen LogP contribution < -0.4 is 4.72 Å². The molecule has 8 heteroatoms. The predicted octanol–water partition coefficient (Wildman–Crippen LogP) is 2.82. The third-order valence-electron chi connectivity index (χ3n) is 4.03. The van der Waals surface area contributed by atoms with Crippen molar-refractivity contribution < 1.29 is 13.2 Å². The number of fused-ring (bicyclic) bond motifs is 1. The van der Waals surface area contributed by atoms with Gasteiger partial charge in [-0.25, -0.2) is 0 Å². The van der Waals surface area contributed by atoms with Gasteiger partial charge in [-0.15, -0.1) is 11.8 Å². The van der Waals surface area contributed by atoms with Gasteiger partial charge in [0.05, 0.1) is 12.2 Å². The monoisotopic (exact) mass is 376 g/mol. The largest absolute Gasteiger partial charge is 0.373 e. The van der Waals surface area contributed by atoms with Crippen LogP contribution >= 0.6 is 23.4 Å². The van der Waals surface area contributed by atoms with E-state index in [1.54, 1.807) is 11.8 Å². The van der Waals surface area contributed by atoms with Gasteiger partial charge in [0, 0.05) is 29.0 Å². The Morgan fingerprint density at radius 2 is 2.00 bits per heavy atom. The number of nitrogens with one attached hydrogen (secondary N) is 1. The average molecular weight is 377 g/mol. The van der Waals surface area contributed by atoms with E-state index in [0.717, 1.165) is 22.6 Å². The van der Waals surface area contributed by atoms with Crippen LogP contribution in [0.15, 0.2) is 23.1 Å². The number of morpholine rings is 1.